The Balaban J connectivity index is 1.80. The molecule has 7 nitrogen and oxygen atoms in total. The van der Waals surface area contributed by atoms with Gasteiger partial charge in [0.15, 0.2) is 6.10 Å². The van der Waals surface area contributed by atoms with Gasteiger partial charge < -0.3 is 14.2 Å². The smallest absolute Gasteiger partial charge is 0.355 e. The van der Waals surface area contributed by atoms with E-state index in [9.17, 15) is 14.4 Å². The van der Waals surface area contributed by atoms with Crippen LogP contribution in [0.25, 0.3) is 0 Å². The van der Waals surface area contributed by atoms with Gasteiger partial charge in [-0.1, -0.05) is 30.3 Å². The number of carbonyl (C=O) groups is 3. The van der Waals surface area contributed by atoms with E-state index in [1.165, 1.54) is 30.7 Å². The lowest BCUT2D eigenvalue weighted by Crippen LogP contribution is -2.65. The Morgan fingerprint density at radius 3 is 2.58 bits per heavy atom. The minimum absolute atomic E-state index is 0.0494. The maximum atomic E-state index is 12.7. The molecule has 8 heteroatoms. The van der Waals surface area contributed by atoms with E-state index in [1.54, 1.807) is 0 Å². The Bertz CT molecular complexity index is 747. The average Bonchev–Trinajstić information content (AvgIpc) is 2.64. The summed E-state index contributed by atoms with van der Waals surface area (Å²) in [5, 5.41) is -0.271. The van der Waals surface area contributed by atoms with Crippen molar-refractivity contribution in [3.8, 4) is 0 Å². The van der Waals surface area contributed by atoms with Crippen LogP contribution in [-0.4, -0.2) is 53.7 Å². The van der Waals surface area contributed by atoms with E-state index in [4.69, 9.17) is 14.2 Å². The first-order valence-electron chi connectivity index (χ1n) is 8.07. The minimum atomic E-state index is -0.607. The summed E-state index contributed by atoms with van der Waals surface area (Å²) in [5.74, 6) is -0.899. The van der Waals surface area contributed by atoms with Crippen LogP contribution in [0, 0.1) is 0 Å². The molecule has 1 aromatic rings. The average molecular weight is 377 g/mol. The second-order valence-electron chi connectivity index (χ2n) is 5.86. The number of methoxy groups -OCH3 is 1. The summed E-state index contributed by atoms with van der Waals surface area (Å²) in [6, 6.07) is 9.26. The molecule has 0 aliphatic carbocycles. The lowest BCUT2D eigenvalue weighted by molar-refractivity contribution is -0.163. The van der Waals surface area contributed by atoms with E-state index < -0.39 is 18.0 Å². The van der Waals surface area contributed by atoms with Gasteiger partial charge in [-0.15, -0.1) is 11.8 Å². The number of thioether (sulfide) groups is 1. The van der Waals surface area contributed by atoms with E-state index in [-0.39, 0.29) is 30.2 Å². The summed E-state index contributed by atoms with van der Waals surface area (Å²) < 4.78 is 15.6. The summed E-state index contributed by atoms with van der Waals surface area (Å²) in [6.45, 7) is 1.34. The molecule has 1 aromatic carbocycles. The first-order valence-corrected chi connectivity index (χ1v) is 9.11. The molecule has 1 saturated heterocycles. The predicted molar refractivity (Wildman–Crippen MR) is 93.8 cm³/mol. The summed E-state index contributed by atoms with van der Waals surface area (Å²) in [5.41, 5.74) is 1.56. The van der Waals surface area contributed by atoms with Crippen LogP contribution >= 0.6 is 11.8 Å². The van der Waals surface area contributed by atoms with Crippen molar-refractivity contribution in [2.24, 2.45) is 0 Å². The number of amides is 1. The third-order valence-electron chi connectivity index (χ3n) is 4.11. The molecule has 0 spiro atoms. The van der Waals surface area contributed by atoms with Gasteiger partial charge in [0.1, 0.15) is 24.3 Å². The van der Waals surface area contributed by atoms with E-state index in [0.717, 1.165) is 5.56 Å². The standard InChI is InChI=1S/C18H19NO6S/c1-11(20)24-9-13-10-26-17-15(23-2)16(21)19(17)14(13)18(22)25-8-12-6-4-3-5-7-12/h3-7,15,17H,8-10H2,1-2H3/t15-,17?/m1/s1. The van der Waals surface area contributed by atoms with Crippen LogP contribution in [0.5, 0.6) is 0 Å². The van der Waals surface area contributed by atoms with Crippen molar-refractivity contribution >= 4 is 29.6 Å². The molecule has 1 amide bonds. The molecular weight excluding hydrogens is 358 g/mol. The Morgan fingerprint density at radius 2 is 1.92 bits per heavy atom. The van der Waals surface area contributed by atoms with Gasteiger partial charge in [0.25, 0.3) is 5.91 Å². The number of hydrogen-bond donors (Lipinski definition) is 0. The van der Waals surface area contributed by atoms with Gasteiger partial charge in [-0.3, -0.25) is 14.5 Å². The van der Waals surface area contributed by atoms with Crippen molar-refractivity contribution in [2.75, 3.05) is 19.5 Å². The molecule has 0 aromatic heterocycles. The number of β-lactam (4-membered cyclic amide) rings is 1. The zero-order valence-corrected chi connectivity index (χ0v) is 15.3. The highest BCUT2D eigenvalue weighted by Gasteiger charge is 2.54. The van der Waals surface area contributed by atoms with Crippen LogP contribution in [-0.2, 0) is 35.2 Å². The molecule has 1 unspecified atom stereocenters. The number of fused-ring (bicyclic) bond motifs is 1. The zero-order valence-electron chi connectivity index (χ0n) is 14.5. The van der Waals surface area contributed by atoms with Crippen molar-refractivity contribution in [1.82, 2.24) is 4.90 Å². The Hall–Kier alpha value is -2.32. The highest BCUT2D eigenvalue weighted by Crippen LogP contribution is 2.41. The zero-order chi connectivity index (χ0) is 18.7. The van der Waals surface area contributed by atoms with Crippen molar-refractivity contribution < 1.29 is 28.6 Å². The molecule has 2 aliphatic rings. The van der Waals surface area contributed by atoms with Crippen molar-refractivity contribution in [2.45, 2.75) is 25.0 Å². The van der Waals surface area contributed by atoms with Gasteiger partial charge in [-0.25, -0.2) is 4.79 Å². The van der Waals surface area contributed by atoms with Gasteiger partial charge >= 0.3 is 11.9 Å². The summed E-state index contributed by atoms with van der Waals surface area (Å²) in [4.78, 5) is 37.5. The quantitative estimate of drug-likeness (QED) is 0.548. The van der Waals surface area contributed by atoms with Gasteiger partial charge in [0.05, 0.1) is 0 Å². The highest BCUT2D eigenvalue weighted by molar-refractivity contribution is 8.00. The van der Waals surface area contributed by atoms with Gasteiger partial charge in [0, 0.05) is 25.4 Å². The van der Waals surface area contributed by atoms with Gasteiger partial charge in [-0.2, -0.15) is 0 Å². The van der Waals surface area contributed by atoms with Crippen molar-refractivity contribution in [1.29, 1.82) is 0 Å². The summed E-state index contributed by atoms with van der Waals surface area (Å²) in [7, 11) is 1.46. The third kappa shape index (κ3) is 3.61. The fourth-order valence-corrected chi connectivity index (χ4v) is 4.16. The summed E-state index contributed by atoms with van der Waals surface area (Å²) >= 11 is 1.47. The number of esters is 2. The molecule has 2 atom stereocenters. The first-order chi connectivity index (χ1) is 12.5. The molecule has 3 rings (SSSR count). The molecular formula is C18H19NO6S. The van der Waals surface area contributed by atoms with Crippen LogP contribution in [0.4, 0.5) is 0 Å². The van der Waals surface area contributed by atoms with Crippen LogP contribution in [0.15, 0.2) is 41.6 Å². The maximum Gasteiger partial charge on any atom is 0.355 e. The van der Waals surface area contributed by atoms with Crippen LogP contribution in [0.1, 0.15) is 12.5 Å². The molecule has 1 fully saturated rings. The fourth-order valence-electron chi connectivity index (χ4n) is 2.81. The van der Waals surface area contributed by atoms with Crippen LogP contribution in [0.2, 0.25) is 0 Å². The molecule has 2 heterocycles. The lowest BCUT2D eigenvalue weighted by atomic mass is 10.1. The van der Waals surface area contributed by atoms with Crippen molar-refractivity contribution in [3.63, 3.8) is 0 Å². The van der Waals surface area contributed by atoms with Gasteiger partial charge in [0.2, 0.25) is 0 Å². The molecule has 138 valence electrons. The Labute approximate surface area is 155 Å². The molecule has 0 bridgehead atoms. The SMILES string of the molecule is CO[C@@H]1C(=O)N2C(C(=O)OCc3ccccc3)=C(COC(C)=O)CSC12. The molecule has 0 saturated carbocycles. The van der Waals surface area contributed by atoms with E-state index in [2.05, 4.69) is 0 Å². The maximum absolute atomic E-state index is 12.7. The number of nitrogens with zero attached hydrogens (tertiary/aromatic N) is 1. The molecule has 2 aliphatic heterocycles. The Morgan fingerprint density at radius 1 is 1.19 bits per heavy atom. The number of ether oxygens (including phenoxy) is 3. The first kappa shape index (κ1) is 18.5. The highest BCUT2D eigenvalue weighted by atomic mass is 32.2. The lowest BCUT2D eigenvalue weighted by Gasteiger charge is -2.48. The topological polar surface area (TPSA) is 82.1 Å². The normalized spacial score (nSPS) is 21.8. The van der Waals surface area contributed by atoms with Crippen LogP contribution in [0.3, 0.4) is 0 Å². The number of rotatable bonds is 6. The predicted octanol–water partition coefficient (Wildman–Crippen LogP) is 1.48. The number of hydrogen-bond acceptors (Lipinski definition) is 7. The van der Waals surface area contributed by atoms with E-state index in [1.807, 2.05) is 30.3 Å². The Kier molecular flexibility index (Phi) is 5.63. The van der Waals surface area contributed by atoms with Gasteiger partial charge in [-0.05, 0) is 5.56 Å². The molecule has 0 radical (unpaired) electrons. The molecule has 26 heavy (non-hydrogen) atoms. The second kappa shape index (κ2) is 7.92. The fraction of sp³-hybridized carbons (Fsp3) is 0.389. The van der Waals surface area contributed by atoms with E-state index >= 15 is 0 Å². The summed E-state index contributed by atoms with van der Waals surface area (Å²) in [6.07, 6.45) is -0.577. The van der Waals surface area contributed by atoms with E-state index in [0.29, 0.717) is 11.3 Å². The minimum Gasteiger partial charge on any atom is -0.461 e. The van der Waals surface area contributed by atoms with Crippen LogP contribution < -0.4 is 0 Å². The third-order valence-corrected chi connectivity index (χ3v) is 5.42. The molecule has 0 N–H and O–H groups in total. The van der Waals surface area contributed by atoms with Crippen molar-refractivity contribution in [3.05, 3.63) is 47.2 Å². The number of benzene rings is 1. The largest absolute Gasteiger partial charge is 0.461 e. The second-order valence-corrected chi connectivity index (χ2v) is 6.97. The number of carbonyl (C=O) groups excluding carboxylic acids is 3. The monoisotopic (exact) mass is 377 g/mol.